The number of cyclic esters (lactones) is 1. The summed E-state index contributed by atoms with van der Waals surface area (Å²) in [7, 11) is 0. The number of unbranched alkanes of at least 4 members (excludes halogenated alkanes) is 1. The van der Waals surface area contributed by atoms with Crippen LogP contribution in [0.4, 0.5) is 0 Å². The number of carbonyl (C=O) groups excluding carboxylic acids is 3. The van der Waals surface area contributed by atoms with Crippen molar-refractivity contribution in [2.45, 2.75) is 69.7 Å². The number of aliphatic hydroxyl groups is 1. The Balaban J connectivity index is 1.85. The number of esters is 1. The molecular formula is C24H34N2O6. The van der Waals surface area contributed by atoms with E-state index in [9.17, 15) is 19.5 Å². The van der Waals surface area contributed by atoms with Crippen LogP contribution < -0.4 is 0 Å². The minimum Gasteiger partial charge on any atom is -0.465 e. The zero-order valence-corrected chi connectivity index (χ0v) is 19.4. The van der Waals surface area contributed by atoms with Gasteiger partial charge in [0.05, 0.1) is 18.1 Å². The van der Waals surface area contributed by atoms with E-state index in [1.807, 2.05) is 45.1 Å². The van der Waals surface area contributed by atoms with E-state index in [0.717, 1.165) is 0 Å². The molecule has 2 saturated heterocycles. The number of ether oxygens (including phenoxy) is 2. The summed E-state index contributed by atoms with van der Waals surface area (Å²) in [6.45, 7) is 8.68. The zero-order chi connectivity index (χ0) is 23.3. The van der Waals surface area contributed by atoms with E-state index in [1.165, 1.54) is 0 Å². The molecule has 0 aromatic heterocycles. The lowest BCUT2D eigenvalue weighted by Crippen LogP contribution is -2.59. The lowest BCUT2D eigenvalue weighted by Gasteiger charge is -2.41. The van der Waals surface area contributed by atoms with Crippen molar-refractivity contribution in [1.82, 2.24) is 9.80 Å². The van der Waals surface area contributed by atoms with Crippen molar-refractivity contribution in [3.8, 4) is 0 Å². The van der Waals surface area contributed by atoms with E-state index < -0.39 is 40.6 Å². The first-order valence-electron chi connectivity index (χ1n) is 11.5. The SMILES string of the molecule is CC(C)(C)N1CC=C[C@]23O[C@]4(C)C=CCCOC(=O)[C@@H]4[C@H]2C(=O)N(CCCCO)C3C1=O. The number of fused-ring (bicyclic) bond motifs is 2. The second kappa shape index (κ2) is 7.99. The fraction of sp³-hybridized carbons (Fsp3) is 0.708. The third kappa shape index (κ3) is 3.39. The molecule has 4 heterocycles. The molecule has 1 N–H and O–H groups in total. The van der Waals surface area contributed by atoms with Crippen molar-refractivity contribution >= 4 is 17.8 Å². The van der Waals surface area contributed by atoms with Gasteiger partial charge in [0.1, 0.15) is 17.6 Å². The number of aliphatic hydroxyl groups excluding tert-OH is 1. The van der Waals surface area contributed by atoms with Gasteiger partial charge in [0.25, 0.3) is 0 Å². The van der Waals surface area contributed by atoms with Gasteiger partial charge in [0.15, 0.2) is 0 Å². The quantitative estimate of drug-likeness (QED) is 0.399. The topological polar surface area (TPSA) is 96.4 Å². The average Bonchev–Trinajstić information content (AvgIpc) is 3.00. The van der Waals surface area contributed by atoms with E-state index in [1.54, 1.807) is 16.7 Å². The van der Waals surface area contributed by atoms with Gasteiger partial charge in [-0.1, -0.05) is 24.3 Å². The van der Waals surface area contributed by atoms with Crippen LogP contribution in [0.25, 0.3) is 0 Å². The van der Waals surface area contributed by atoms with Crippen LogP contribution in [0.5, 0.6) is 0 Å². The van der Waals surface area contributed by atoms with Gasteiger partial charge in [-0.2, -0.15) is 0 Å². The van der Waals surface area contributed by atoms with Crippen molar-refractivity contribution in [3.63, 3.8) is 0 Å². The highest BCUT2D eigenvalue weighted by Gasteiger charge is 2.74. The van der Waals surface area contributed by atoms with Crippen LogP contribution in [0.2, 0.25) is 0 Å². The summed E-state index contributed by atoms with van der Waals surface area (Å²) in [5, 5.41) is 9.24. The van der Waals surface area contributed by atoms with E-state index in [4.69, 9.17) is 9.47 Å². The Labute approximate surface area is 189 Å². The molecule has 0 radical (unpaired) electrons. The van der Waals surface area contributed by atoms with Gasteiger partial charge < -0.3 is 24.4 Å². The van der Waals surface area contributed by atoms with Crippen molar-refractivity contribution in [2.24, 2.45) is 11.8 Å². The molecule has 2 fully saturated rings. The second-order valence-electron chi connectivity index (χ2n) is 10.3. The molecule has 1 spiro atoms. The van der Waals surface area contributed by atoms with Gasteiger partial charge in [-0.15, -0.1) is 0 Å². The van der Waals surface area contributed by atoms with Crippen molar-refractivity contribution in [1.29, 1.82) is 0 Å². The first-order valence-corrected chi connectivity index (χ1v) is 11.5. The molecule has 8 heteroatoms. The summed E-state index contributed by atoms with van der Waals surface area (Å²) in [6.07, 6.45) is 9.15. The fourth-order valence-electron chi connectivity index (χ4n) is 5.73. The molecule has 4 aliphatic heterocycles. The lowest BCUT2D eigenvalue weighted by molar-refractivity contribution is -0.161. The molecule has 32 heavy (non-hydrogen) atoms. The Bertz CT molecular complexity index is 861. The summed E-state index contributed by atoms with van der Waals surface area (Å²) >= 11 is 0. The number of amides is 2. The average molecular weight is 447 g/mol. The predicted octanol–water partition coefficient (Wildman–Crippen LogP) is 1.43. The Morgan fingerprint density at radius 2 is 1.84 bits per heavy atom. The van der Waals surface area contributed by atoms with Crippen molar-refractivity contribution < 1.29 is 29.0 Å². The van der Waals surface area contributed by atoms with Crippen LogP contribution >= 0.6 is 0 Å². The number of rotatable bonds is 4. The van der Waals surface area contributed by atoms with Gasteiger partial charge in [-0.05, 0) is 47.0 Å². The van der Waals surface area contributed by atoms with E-state index in [-0.39, 0.29) is 25.0 Å². The third-order valence-electron chi connectivity index (χ3n) is 7.14. The maximum Gasteiger partial charge on any atom is 0.313 e. The molecular weight excluding hydrogens is 412 g/mol. The summed E-state index contributed by atoms with van der Waals surface area (Å²) in [5.74, 6) is -2.59. The minimum absolute atomic E-state index is 0.0115. The zero-order valence-electron chi connectivity index (χ0n) is 19.4. The van der Waals surface area contributed by atoms with Gasteiger partial charge in [0, 0.05) is 25.2 Å². The maximum atomic E-state index is 14.0. The molecule has 4 rings (SSSR count). The minimum atomic E-state index is -1.25. The fourth-order valence-corrected chi connectivity index (χ4v) is 5.73. The number of carbonyl (C=O) groups is 3. The molecule has 5 atom stereocenters. The number of likely N-dealkylation sites (tertiary alicyclic amines) is 1. The highest BCUT2D eigenvalue weighted by Crippen LogP contribution is 2.57. The highest BCUT2D eigenvalue weighted by molar-refractivity contribution is 5.99. The normalized spacial score (nSPS) is 36.9. The smallest absolute Gasteiger partial charge is 0.313 e. The molecule has 2 amide bonds. The number of hydrogen-bond acceptors (Lipinski definition) is 6. The molecule has 8 nitrogen and oxygen atoms in total. The first kappa shape index (κ1) is 23.0. The van der Waals surface area contributed by atoms with Crippen molar-refractivity contribution in [3.05, 3.63) is 24.3 Å². The Morgan fingerprint density at radius 3 is 2.53 bits per heavy atom. The molecule has 0 aromatic rings. The Morgan fingerprint density at radius 1 is 1.09 bits per heavy atom. The maximum absolute atomic E-state index is 14.0. The van der Waals surface area contributed by atoms with Crippen LogP contribution in [-0.2, 0) is 23.9 Å². The largest absolute Gasteiger partial charge is 0.465 e. The number of nitrogens with zero attached hydrogens (tertiary/aromatic N) is 2. The second-order valence-corrected chi connectivity index (χ2v) is 10.3. The molecule has 4 aliphatic rings. The Kier molecular flexibility index (Phi) is 5.74. The van der Waals surface area contributed by atoms with Gasteiger partial charge in [0.2, 0.25) is 11.8 Å². The highest BCUT2D eigenvalue weighted by atomic mass is 16.6. The van der Waals surface area contributed by atoms with E-state index >= 15 is 0 Å². The van der Waals surface area contributed by atoms with Crippen molar-refractivity contribution in [2.75, 3.05) is 26.3 Å². The van der Waals surface area contributed by atoms with Crippen LogP contribution in [0.1, 0.15) is 47.0 Å². The van der Waals surface area contributed by atoms with Gasteiger partial charge in [-0.25, -0.2) is 0 Å². The Hall–Kier alpha value is -2.19. The lowest BCUT2D eigenvalue weighted by atomic mass is 9.74. The van der Waals surface area contributed by atoms with Gasteiger partial charge in [-0.3, -0.25) is 14.4 Å². The number of hydrogen-bond donors (Lipinski definition) is 1. The summed E-state index contributed by atoms with van der Waals surface area (Å²) in [6, 6.07) is -0.872. The molecule has 0 bridgehead atoms. The van der Waals surface area contributed by atoms with Crippen LogP contribution in [0.3, 0.4) is 0 Å². The monoisotopic (exact) mass is 446 g/mol. The van der Waals surface area contributed by atoms with Gasteiger partial charge >= 0.3 is 5.97 Å². The standard InChI is InChI=1S/C24H34N2O6/c1-22(2,3)26-13-9-11-24-16(17-21(30)31-15-8-5-10-23(17,4)32-24)19(28)25(12-6-7-14-27)18(24)20(26)29/h5,9-11,16-18,27H,6-8,12-15H2,1-4H3/t16-,17-,18?,23+,24-/m0/s1. The molecule has 0 aliphatic carbocycles. The van der Waals surface area contributed by atoms with Crippen LogP contribution in [-0.4, -0.2) is 81.8 Å². The summed E-state index contributed by atoms with van der Waals surface area (Å²) in [5.41, 5.74) is -2.75. The molecule has 176 valence electrons. The summed E-state index contributed by atoms with van der Waals surface area (Å²) < 4.78 is 12.1. The summed E-state index contributed by atoms with van der Waals surface area (Å²) in [4.78, 5) is 44.2. The molecule has 0 aromatic carbocycles. The third-order valence-corrected chi connectivity index (χ3v) is 7.14. The van der Waals surface area contributed by atoms with E-state index in [0.29, 0.717) is 32.4 Å². The van der Waals surface area contributed by atoms with Crippen LogP contribution in [0, 0.1) is 11.8 Å². The first-order chi connectivity index (χ1) is 15.1. The van der Waals surface area contributed by atoms with E-state index in [2.05, 4.69) is 0 Å². The molecule has 1 unspecified atom stereocenters. The predicted molar refractivity (Wildman–Crippen MR) is 116 cm³/mol. The molecule has 0 saturated carbocycles. The van der Waals surface area contributed by atoms with Crippen LogP contribution in [0.15, 0.2) is 24.3 Å².